The zero-order chi connectivity index (χ0) is 17.6. The minimum atomic E-state index is -0.321. The molecule has 2 heterocycles. The quantitative estimate of drug-likeness (QED) is 0.721. The first kappa shape index (κ1) is 16.4. The lowest BCUT2D eigenvalue weighted by Gasteiger charge is -2.10. The second-order valence-electron chi connectivity index (χ2n) is 4.88. The van der Waals surface area contributed by atoms with Crippen molar-refractivity contribution in [2.45, 2.75) is 6.42 Å². The Morgan fingerprint density at radius 3 is 2.80 bits per heavy atom. The van der Waals surface area contributed by atoms with Gasteiger partial charge in [0, 0.05) is 18.5 Å². The Morgan fingerprint density at radius 1 is 1.20 bits per heavy atom. The lowest BCUT2D eigenvalue weighted by molar-refractivity contribution is -0.115. The zero-order valence-corrected chi connectivity index (χ0v) is 13.6. The van der Waals surface area contributed by atoms with Crippen LogP contribution < -0.4 is 14.8 Å². The van der Waals surface area contributed by atoms with E-state index in [9.17, 15) is 4.79 Å². The van der Waals surface area contributed by atoms with Gasteiger partial charge < -0.3 is 19.2 Å². The Hall–Kier alpha value is -3.49. The molecule has 0 spiro atoms. The van der Waals surface area contributed by atoms with E-state index in [1.807, 2.05) is 0 Å². The Kier molecular flexibility index (Phi) is 4.84. The molecule has 0 unspecified atom stereocenters. The summed E-state index contributed by atoms with van der Waals surface area (Å²) in [5, 5.41) is 10.4. The van der Waals surface area contributed by atoms with Crippen molar-refractivity contribution in [3.63, 3.8) is 0 Å². The van der Waals surface area contributed by atoms with Crippen LogP contribution >= 0.6 is 0 Å². The third-order valence-corrected chi connectivity index (χ3v) is 3.24. The SMILES string of the molecule is COc1ccc(NC(=O)Cc2nnc(-c3cnccn3)o2)c(OC)c1. The fraction of sp³-hybridized carbons (Fsp3) is 0.188. The predicted octanol–water partition coefficient (Wildman–Crippen LogP) is 1.72. The largest absolute Gasteiger partial charge is 0.497 e. The van der Waals surface area contributed by atoms with Gasteiger partial charge >= 0.3 is 0 Å². The minimum absolute atomic E-state index is 0.0809. The number of hydrogen-bond donors (Lipinski definition) is 1. The number of carbonyl (C=O) groups excluding carboxylic acids is 1. The van der Waals surface area contributed by atoms with Crippen molar-refractivity contribution in [1.82, 2.24) is 20.2 Å². The summed E-state index contributed by atoms with van der Waals surface area (Å²) in [6.07, 6.45) is 4.47. The topological polar surface area (TPSA) is 112 Å². The number of carbonyl (C=O) groups is 1. The molecule has 0 atom stereocenters. The van der Waals surface area contributed by atoms with E-state index < -0.39 is 0 Å². The molecule has 0 fully saturated rings. The van der Waals surface area contributed by atoms with Gasteiger partial charge in [-0.25, -0.2) is 4.98 Å². The van der Waals surface area contributed by atoms with Gasteiger partial charge in [0.2, 0.25) is 11.8 Å². The molecule has 0 aliphatic rings. The maximum Gasteiger partial charge on any atom is 0.267 e. The summed E-state index contributed by atoms with van der Waals surface area (Å²) in [5.74, 6) is 1.17. The first-order valence-electron chi connectivity index (χ1n) is 7.30. The lowest BCUT2D eigenvalue weighted by atomic mass is 10.2. The number of ether oxygens (including phenoxy) is 2. The fourth-order valence-electron chi connectivity index (χ4n) is 2.07. The Bertz CT molecular complexity index is 866. The predicted molar refractivity (Wildman–Crippen MR) is 87.2 cm³/mol. The van der Waals surface area contributed by atoms with E-state index in [0.717, 1.165) is 0 Å². The van der Waals surface area contributed by atoms with Crippen LogP contribution in [0.1, 0.15) is 5.89 Å². The number of benzene rings is 1. The molecule has 25 heavy (non-hydrogen) atoms. The standard InChI is InChI=1S/C16H15N5O4/c1-23-10-3-4-11(13(7-10)24-2)19-14(22)8-15-20-21-16(25-15)12-9-17-5-6-18-12/h3-7,9H,8H2,1-2H3,(H,19,22). The van der Waals surface area contributed by atoms with Crippen LogP contribution in [0, 0.1) is 0 Å². The number of nitrogens with zero attached hydrogens (tertiary/aromatic N) is 4. The molecule has 0 aliphatic heterocycles. The highest BCUT2D eigenvalue weighted by atomic mass is 16.5. The van der Waals surface area contributed by atoms with Gasteiger partial charge in [-0.3, -0.25) is 9.78 Å². The van der Waals surface area contributed by atoms with Gasteiger partial charge in [0.05, 0.1) is 26.1 Å². The summed E-state index contributed by atoms with van der Waals surface area (Å²) in [6, 6.07) is 5.08. The normalized spacial score (nSPS) is 10.3. The van der Waals surface area contributed by atoms with Crippen molar-refractivity contribution in [1.29, 1.82) is 0 Å². The van der Waals surface area contributed by atoms with Crippen LogP contribution in [0.4, 0.5) is 5.69 Å². The van der Waals surface area contributed by atoms with E-state index in [2.05, 4.69) is 25.5 Å². The van der Waals surface area contributed by atoms with Crippen molar-refractivity contribution in [3.05, 3.63) is 42.7 Å². The molecule has 1 amide bonds. The molecule has 1 N–H and O–H groups in total. The molecule has 3 rings (SSSR count). The lowest BCUT2D eigenvalue weighted by Crippen LogP contribution is -2.15. The van der Waals surface area contributed by atoms with E-state index in [1.165, 1.54) is 25.7 Å². The van der Waals surface area contributed by atoms with Crippen LogP contribution in [0.2, 0.25) is 0 Å². The van der Waals surface area contributed by atoms with Crippen LogP contribution in [0.3, 0.4) is 0 Å². The first-order chi connectivity index (χ1) is 12.2. The van der Waals surface area contributed by atoms with Gasteiger partial charge in [0.15, 0.2) is 0 Å². The fourth-order valence-corrected chi connectivity index (χ4v) is 2.07. The first-order valence-corrected chi connectivity index (χ1v) is 7.30. The number of aromatic nitrogens is 4. The maximum atomic E-state index is 12.2. The molecule has 0 radical (unpaired) electrons. The molecule has 9 heteroatoms. The smallest absolute Gasteiger partial charge is 0.267 e. The van der Waals surface area contributed by atoms with Crippen LogP contribution in [0.15, 0.2) is 41.2 Å². The van der Waals surface area contributed by atoms with Gasteiger partial charge in [-0.1, -0.05) is 0 Å². The number of methoxy groups -OCH3 is 2. The van der Waals surface area contributed by atoms with Crippen molar-refractivity contribution < 1.29 is 18.7 Å². The average Bonchev–Trinajstić information content (AvgIpc) is 3.11. The highest BCUT2D eigenvalue weighted by molar-refractivity contribution is 5.93. The molecule has 128 valence electrons. The molecule has 1 aromatic carbocycles. The van der Waals surface area contributed by atoms with E-state index in [4.69, 9.17) is 13.9 Å². The average molecular weight is 341 g/mol. The molecule has 3 aromatic rings. The van der Waals surface area contributed by atoms with Crippen LogP contribution in [0.25, 0.3) is 11.6 Å². The summed E-state index contributed by atoms with van der Waals surface area (Å²) in [6.45, 7) is 0. The molecule has 0 saturated carbocycles. The second-order valence-corrected chi connectivity index (χ2v) is 4.88. The number of hydrogen-bond acceptors (Lipinski definition) is 8. The number of nitrogens with one attached hydrogen (secondary N) is 1. The molecule has 0 bridgehead atoms. The number of anilines is 1. The van der Waals surface area contributed by atoms with Crippen LogP contribution in [-0.4, -0.2) is 40.3 Å². The van der Waals surface area contributed by atoms with Gasteiger partial charge in [-0.15, -0.1) is 10.2 Å². The summed E-state index contributed by atoms with van der Waals surface area (Å²) in [7, 11) is 3.06. The van der Waals surface area contributed by atoms with Crippen LogP contribution in [0.5, 0.6) is 11.5 Å². The minimum Gasteiger partial charge on any atom is -0.497 e. The molecule has 0 saturated heterocycles. The number of amides is 1. The molecule has 9 nitrogen and oxygen atoms in total. The van der Waals surface area contributed by atoms with Crippen molar-refractivity contribution in [2.24, 2.45) is 0 Å². The zero-order valence-electron chi connectivity index (χ0n) is 13.6. The summed E-state index contributed by atoms with van der Waals surface area (Å²) in [5.41, 5.74) is 0.959. The van der Waals surface area contributed by atoms with Crippen molar-refractivity contribution in [2.75, 3.05) is 19.5 Å². The van der Waals surface area contributed by atoms with E-state index >= 15 is 0 Å². The highest BCUT2D eigenvalue weighted by Gasteiger charge is 2.15. The Labute approximate surface area is 143 Å². The number of rotatable bonds is 6. The Morgan fingerprint density at radius 2 is 2.08 bits per heavy atom. The van der Waals surface area contributed by atoms with Crippen molar-refractivity contribution >= 4 is 11.6 Å². The van der Waals surface area contributed by atoms with Gasteiger partial charge in [-0.05, 0) is 12.1 Å². The van der Waals surface area contributed by atoms with Gasteiger partial charge in [0.25, 0.3) is 5.89 Å². The summed E-state index contributed by atoms with van der Waals surface area (Å²) >= 11 is 0. The van der Waals surface area contributed by atoms with Crippen LogP contribution in [-0.2, 0) is 11.2 Å². The van der Waals surface area contributed by atoms with Gasteiger partial charge in [-0.2, -0.15) is 0 Å². The third kappa shape index (κ3) is 3.89. The van der Waals surface area contributed by atoms with E-state index in [1.54, 1.807) is 25.3 Å². The summed E-state index contributed by atoms with van der Waals surface area (Å²) in [4.78, 5) is 20.2. The Balaban J connectivity index is 1.68. The van der Waals surface area contributed by atoms with Gasteiger partial charge in [0.1, 0.15) is 23.6 Å². The monoisotopic (exact) mass is 341 g/mol. The highest BCUT2D eigenvalue weighted by Crippen LogP contribution is 2.29. The maximum absolute atomic E-state index is 12.2. The molecule has 0 aliphatic carbocycles. The molecular weight excluding hydrogens is 326 g/mol. The van der Waals surface area contributed by atoms with E-state index in [-0.39, 0.29) is 24.1 Å². The molecule has 2 aromatic heterocycles. The third-order valence-electron chi connectivity index (χ3n) is 3.24. The summed E-state index contributed by atoms with van der Waals surface area (Å²) < 4.78 is 15.8. The second kappa shape index (κ2) is 7.39. The van der Waals surface area contributed by atoms with E-state index in [0.29, 0.717) is 22.9 Å². The van der Waals surface area contributed by atoms with Crippen molar-refractivity contribution in [3.8, 4) is 23.1 Å². The molecular formula is C16H15N5O4.